The lowest BCUT2D eigenvalue weighted by molar-refractivity contribution is -0.145. The highest BCUT2D eigenvalue weighted by atomic mass is 35.5. The third-order valence-corrected chi connectivity index (χ3v) is 2.10. The minimum Gasteiger partial charge on any atom is -0.480 e. The van der Waals surface area contributed by atoms with Crippen LogP contribution >= 0.6 is 11.6 Å². The number of benzene rings is 1. The molecule has 0 aliphatic rings. The largest absolute Gasteiger partial charge is 0.480 e. The van der Waals surface area contributed by atoms with Gasteiger partial charge in [0.2, 0.25) is 0 Å². The summed E-state index contributed by atoms with van der Waals surface area (Å²) in [5, 5.41) is 0.499. The van der Waals surface area contributed by atoms with Crippen LogP contribution in [0.25, 0.3) is 0 Å². The highest BCUT2D eigenvalue weighted by Crippen LogP contribution is 2.27. The molecule has 0 N–H and O–H groups in total. The number of hydrogen-bond donors (Lipinski definition) is 0. The minimum atomic E-state index is -0.392. The molecule has 4 heteroatoms. The Hall–Kier alpha value is -1.22. The van der Waals surface area contributed by atoms with E-state index in [-0.39, 0.29) is 6.61 Å². The average molecular weight is 229 g/mol. The van der Waals surface area contributed by atoms with Crippen molar-refractivity contribution < 1.29 is 14.3 Å². The molecular weight excluding hydrogens is 216 g/mol. The maximum atomic E-state index is 11.0. The first-order valence-corrected chi connectivity index (χ1v) is 5.06. The molecule has 0 spiro atoms. The molecule has 0 atom stereocenters. The van der Waals surface area contributed by atoms with E-state index in [1.54, 1.807) is 13.0 Å². The Bertz CT molecular complexity index is 329. The number of aryl methyl sites for hydroxylation is 1. The van der Waals surface area contributed by atoms with Crippen LogP contribution in [0.1, 0.15) is 12.5 Å². The van der Waals surface area contributed by atoms with Crippen LogP contribution in [0.2, 0.25) is 5.02 Å². The van der Waals surface area contributed by atoms with Gasteiger partial charge in [-0.05, 0) is 25.5 Å². The van der Waals surface area contributed by atoms with Crippen molar-refractivity contribution in [3.05, 3.63) is 28.8 Å². The zero-order valence-corrected chi connectivity index (χ0v) is 9.50. The standard InChI is InChI=1S/C11H13ClO3/c1-3-14-10(13)7-15-11-8(2)5-4-6-9(11)12/h4-6H,3,7H2,1-2H3. The summed E-state index contributed by atoms with van der Waals surface area (Å²) in [6, 6.07) is 5.41. The Morgan fingerprint density at radius 3 is 2.80 bits per heavy atom. The summed E-state index contributed by atoms with van der Waals surface area (Å²) < 4.78 is 10.0. The van der Waals surface area contributed by atoms with Crippen molar-refractivity contribution in [2.45, 2.75) is 13.8 Å². The second kappa shape index (κ2) is 5.61. The van der Waals surface area contributed by atoms with Crippen LogP contribution in [0.15, 0.2) is 18.2 Å². The first-order valence-electron chi connectivity index (χ1n) is 4.68. The molecule has 0 aliphatic carbocycles. The molecule has 82 valence electrons. The minimum absolute atomic E-state index is 0.113. The van der Waals surface area contributed by atoms with Crippen LogP contribution in [-0.4, -0.2) is 19.2 Å². The highest BCUT2D eigenvalue weighted by Gasteiger charge is 2.08. The molecule has 0 aromatic heterocycles. The van der Waals surface area contributed by atoms with Gasteiger partial charge in [0.15, 0.2) is 6.61 Å². The summed E-state index contributed by atoms with van der Waals surface area (Å²) in [5.41, 5.74) is 0.895. The van der Waals surface area contributed by atoms with Crippen LogP contribution in [-0.2, 0) is 9.53 Å². The van der Waals surface area contributed by atoms with E-state index in [0.717, 1.165) is 5.56 Å². The molecule has 0 radical (unpaired) electrons. The molecule has 15 heavy (non-hydrogen) atoms. The molecule has 0 unspecified atom stereocenters. The van der Waals surface area contributed by atoms with Gasteiger partial charge < -0.3 is 9.47 Å². The van der Waals surface area contributed by atoms with Gasteiger partial charge in [0.1, 0.15) is 5.75 Å². The average Bonchev–Trinajstić information content (AvgIpc) is 2.17. The van der Waals surface area contributed by atoms with E-state index in [9.17, 15) is 4.79 Å². The molecule has 3 nitrogen and oxygen atoms in total. The summed E-state index contributed by atoms with van der Waals surface area (Å²) in [5.74, 6) is 0.143. The van der Waals surface area contributed by atoms with Crippen molar-refractivity contribution in [2.75, 3.05) is 13.2 Å². The Labute approximate surface area is 93.9 Å². The van der Waals surface area contributed by atoms with Gasteiger partial charge in [-0.3, -0.25) is 0 Å². The molecule has 0 saturated carbocycles. The lowest BCUT2D eigenvalue weighted by Gasteiger charge is -2.09. The van der Waals surface area contributed by atoms with Crippen LogP contribution in [0.5, 0.6) is 5.75 Å². The number of carbonyl (C=O) groups excluding carboxylic acids is 1. The van der Waals surface area contributed by atoms with E-state index in [4.69, 9.17) is 21.1 Å². The summed E-state index contributed by atoms with van der Waals surface area (Å²) in [6.07, 6.45) is 0. The van der Waals surface area contributed by atoms with Crippen LogP contribution in [0.3, 0.4) is 0 Å². The summed E-state index contributed by atoms with van der Waals surface area (Å²) in [6.45, 7) is 3.85. The quantitative estimate of drug-likeness (QED) is 0.743. The lowest BCUT2D eigenvalue weighted by Crippen LogP contribution is -2.15. The third-order valence-electron chi connectivity index (χ3n) is 1.80. The van der Waals surface area contributed by atoms with Gasteiger partial charge in [0.05, 0.1) is 11.6 Å². The monoisotopic (exact) mass is 228 g/mol. The van der Waals surface area contributed by atoms with Gasteiger partial charge in [0, 0.05) is 0 Å². The van der Waals surface area contributed by atoms with Gasteiger partial charge in [-0.1, -0.05) is 23.7 Å². The predicted octanol–water partition coefficient (Wildman–Crippen LogP) is 2.59. The van der Waals surface area contributed by atoms with Crippen molar-refractivity contribution in [2.24, 2.45) is 0 Å². The first-order chi connectivity index (χ1) is 7.15. The highest BCUT2D eigenvalue weighted by molar-refractivity contribution is 6.32. The molecular formula is C11H13ClO3. The summed E-state index contributed by atoms with van der Waals surface area (Å²) in [7, 11) is 0. The topological polar surface area (TPSA) is 35.5 Å². The maximum Gasteiger partial charge on any atom is 0.344 e. The SMILES string of the molecule is CCOC(=O)COc1c(C)cccc1Cl. The third kappa shape index (κ3) is 3.44. The Morgan fingerprint density at radius 1 is 1.47 bits per heavy atom. The fraction of sp³-hybridized carbons (Fsp3) is 0.364. The normalized spacial score (nSPS) is 9.80. The van der Waals surface area contributed by atoms with Crippen LogP contribution in [0.4, 0.5) is 0 Å². The maximum absolute atomic E-state index is 11.0. The smallest absolute Gasteiger partial charge is 0.344 e. The van der Waals surface area contributed by atoms with Gasteiger partial charge >= 0.3 is 5.97 Å². The second-order valence-corrected chi connectivity index (χ2v) is 3.39. The van der Waals surface area contributed by atoms with Crippen molar-refractivity contribution in [1.29, 1.82) is 0 Å². The van der Waals surface area contributed by atoms with E-state index in [1.165, 1.54) is 0 Å². The molecule has 0 fully saturated rings. The molecule has 1 aromatic rings. The molecule has 0 heterocycles. The van der Waals surface area contributed by atoms with Gasteiger partial charge in [-0.15, -0.1) is 0 Å². The number of rotatable bonds is 4. The molecule has 0 saturated heterocycles. The molecule has 0 bridgehead atoms. The first kappa shape index (κ1) is 11.9. The molecule has 0 aliphatic heterocycles. The Kier molecular flexibility index (Phi) is 4.43. The summed E-state index contributed by atoms with van der Waals surface area (Å²) >= 11 is 5.91. The van der Waals surface area contributed by atoms with Crippen molar-refractivity contribution in [3.63, 3.8) is 0 Å². The Morgan fingerprint density at radius 2 is 2.20 bits per heavy atom. The number of para-hydroxylation sites is 1. The summed E-state index contributed by atoms with van der Waals surface area (Å²) in [4.78, 5) is 11.0. The molecule has 1 aromatic carbocycles. The second-order valence-electron chi connectivity index (χ2n) is 2.98. The molecule has 1 rings (SSSR count). The van der Waals surface area contributed by atoms with Crippen LogP contribution in [0, 0.1) is 6.92 Å². The van der Waals surface area contributed by atoms with Crippen molar-refractivity contribution in [1.82, 2.24) is 0 Å². The number of halogens is 1. The van der Waals surface area contributed by atoms with E-state index < -0.39 is 5.97 Å². The fourth-order valence-corrected chi connectivity index (χ4v) is 1.41. The van der Waals surface area contributed by atoms with Gasteiger partial charge in [0.25, 0.3) is 0 Å². The number of carbonyl (C=O) groups is 1. The number of ether oxygens (including phenoxy) is 2. The van der Waals surface area contributed by atoms with E-state index >= 15 is 0 Å². The Balaban J connectivity index is 2.61. The van der Waals surface area contributed by atoms with Gasteiger partial charge in [-0.2, -0.15) is 0 Å². The fourth-order valence-electron chi connectivity index (χ4n) is 1.13. The number of esters is 1. The zero-order chi connectivity index (χ0) is 11.3. The van der Waals surface area contributed by atoms with Crippen molar-refractivity contribution >= 4 is 17.6 Å². The zero-order valence-electron chi connectivity index (χ0n) is 8.75. The van der Waals surface area contributed by atoms with E-state index in [0.29, 0.717) is 17.4 Å². The van der Waals surface area contributed by atoms with E-state index in [2.05, 4.69) is 0 Å². The molecule has 0 amide bonds. The van der Waals surface area contributed by atoms with E-state index in [1.807, 2.05) is 19.1 Å². The predicted molar refractivity (Wildman–Crippen MR) is 58.3 cm³/mol. The van der Waals surface area contributed by atoms with Crippen molar-refractivity contribution in [3.8, 4) is 5.75 Å². The van der Waals surface area contributed by atoms with Gasteiger partial charge in [-0.25, -0.2) is 4.79 Å². The van der Waals surface area contributed by atoms with Crippen LogP contribution < -0.4 is 4.74 Å². The lowest BCUT2D eigenvalue weighted by atomic mass is 10.2. The number of hydrogen-bond acceptors (Lipinski definition) is 3.